The van der Waals surface area contributed by atoms with Crippen molar-refractivity contribution in [3.05, 3.63) is 29.3 Å². The van der Waals surface area contributed by atoms with Gasteiger partial charge in [-0.1, -0.05) is 20.8 Å². The summed E-state index contributed by atoms with van der Waals surface area (Å²) in [6.45, 7) is 9.94. The average molecular weight is 262 g/mol. The lowest BCUT2D eigenvalue weighted by Crippen LogP contribution is -2.28. The van der Waals surface area contributed by atoms with Crippen LogP contribution in [-0.4, -0.2) is 18.4 Å². The van der Waals surface area contributed by atoms with Gasteiger partial charge >= 0.3 is 0 Å². The Balaban J connectivity index is 2.89. The van der Waals surface area contributed by atoms with Gasteiger partial charge in [0.2, 0.25) is 5.91 Å². The highest BCUT2D eigenvalue weighted by Gasteiger charge is 2.21. The van der Waals surface area contributed by atoms with E-state index in [-0.39, 0.29) is 11.8 Å². The van der Waals surface area contributed by atoms with Crippen molar-refractivity contribution in [2.24, 2.45) is 5.41 Å². The van der Waals surface area contributed by atoms with Gasteiger partial charge in [0.1, 0.15) is 0 Å². The van der Waals surface area contributed by atoms with Gasteiger partial charge in [0.15, 0.2) is 0 Å². The van der Waals surface area contributed by atoms with E-state index in [2.05, 4.69) is 10.6 Å². The number of hydrogen-bond acceptors (Lipinski definition) is 2. The Morgan fingerprint density at radius 1 is 1.21 bits per heavy atom. The third kappa shape index (κ3) is 4.09. The highest BCUT2D eigenvalue weighted by atomic mass is 16.2. The molecule has 0 aliphatic rings. The van der Waals surface area contributed by atoms with Crippen molar-refractivity contribution >= 4 is 17.5 Å². The Morgan fingerprint density at radius 3 is 2.32 bits per heavy atom. The zero-order valence-corrected chi connectivity index (χ0v) is 12.3. The van der Waals surface area contributed by atoms with Gasteiger partial charge in [0.05, 0.1) is 0 Å². The minimum absolute atomic E-state index is 0.0404. The first-order valence-corrected chi connectivity index (χ1v) is 6.46. The maximum Gasteiger partial charge on any atom is 0.251 e. The molecule has 0 spiro atoms. The topological polar surface area (TPSA) is 58.2 Å². The van der Waals surface area contributed by atoms with E-state index in [1.54, 1.807) is 18.2 Å². The van der Waals surface area contributed by atoms with Crippen LogP contribution in [0.2, 0.25) is 0 Å². The quantitative estimate of drug-likeness (QED) is 0.880. The van der Waals surface area contributed by atoms with Crippen LogP contribution in [0, 0.1) is 12.3 Å². The fourth-order valence-corrected chi connectivity index (χ4v) is 1.52. The van der Waals surface area contributed by atoms with E-state index in [1.807, 2.05) is 34.6 Å². The Bertz CT molecular complexity index is 487. The molecule has 0 radical (unpaired) electrons. The molecule has 0 atom stereocenters. The molecular weight excluding hydrogens is 240 g/mol. The number of amides is 2. The van der Waals surface area contributed by atoms with Crippen molar-refractivity contribution < 1.29 is 9.59 Å². The third-order valence-corrected chi connectivity index (χ3v) is 2.76. The van der Waals surface area contributed by atoms with Gasteiger partial charge in [-0.2, -0.15) is 0 Å². The van der Waals surface area contributed by atoms with Crippen LogP contribution < -0.4 is 10.6 Å². The molecule has 0 aliphatic heterocycles. The van der Waals surface area contributed by atoms with Crippen molar-refractivity contribution in [1.29, 1.82) is 0 Å². The van der Waals surface area contributed by atoms with E-state index in [0.29, 0.717) is 12.1 Å². The van der Waals surface area contributed by atoms with Crippen LogP contribution in [0.5, 0.6) is 0 Å². The summed E-state index contributed by atoms with van der Waals surface area (Å²) in [6.07, 6.45) is 0. The Morgan fingerprint density at radius 2 is 1.84 bits per heavy atom. The number of hydrogen-bond donors (Lipinski definition) is 2. The SMILES string of the molecule is CCNC(=O)c1ccc(NC(=O)C(C)(C)C)c(C)c1. The van der Waals surface area contributed by atoms with Gasteiger partial charge in [0.25, 0.3) is 5.91 Å². The average Bonchev–Trinajstić information content (AvgIpc) is 2.30. The molecule has 0 aliphatic carbocycles. The number of rotatable bonds is 3. The van der Waals surface area contributed by atoms with Crippen LogP contribution in [0.3, 0.4) is 0 Å². The molecule has 0 saturated carbocycles. The standard InChI is InChI=1S/C15H22N2O2/c1-6-16-13(18)11-7-8-12(10(2)9-11)17-14(19)15(3,4)5/h7-9H,6H2,1-5H3,(H,16,18)(H,17,19). The molecule has 2 N–H and O–H groups in total. The summed E-state index contributed by atoms with van der Waals surface area (Å²) in [4.78, 5) is 23.6. The minimum Gasteiger partial charge on any atom is -0.352 e. The molecule has 1 aromatic carbocycles. The summed E-state index contributed by atoms with van der Waals surface area (Å²) in [5.74, 6) is -0.138. The molecule has 2 amide bonds. The normalized spacial score (nSPS) is 11.0. The van der Waals surface area contributed by atoms with Crippen molar-refractivity contribution in [1.82, 2.24) is 5.32 Å². The summed E-state index contributed by atoms with van der Waals surface area (Å²) < 4.78 is 0. The second kappa shape index (κ2) is 5.87. The second-order valence-electron chi connectivity index (χ2n) is 5.59. The zero-order valence-electron chi connectivity index (χ0n) is 12.3. The molecule has 0 saturated heterocycles. The lowest BCUT2D eigenvalue weighted by Gasteiger charge is -2.19. The smallest absolute Gasteiger partial charge is 0.251 e. The summed E-state index contributed by atoms with van der Waals surface area (Å²) in [6, 6.07) is 5.27. The van der Waals surface area contributed by atoms with Crippen LogP contribution >= 0.6 is 0 Å². The molecule has 0 bridgehead atoms. The van der Waals surface area contributed by atoms with Gasteiger partial charge in [0, 0.05) is 23.2 Å². The maximum atomic E-state index is 11.9. The first-order chi connectivity index (χ1) is 8.75. The van der Waals surface area contributed by atoms with Crippen LogP contribution in [0.1, 0.15) is 43.6 Å². The van der Waals surface area contributed by atoms with Gasteiger partial charge in [-0.25, -0.2) is 0 Å². The highest BCUT2D eigenvalue weighted by Crippen LogP contribution is 2.21. The number of anilines is 1. The number of aryl methyl sites for hydroxylation is 1. The second-order valence-corrected chi connectivity index (χ2v) is 5.59. The molecular formula is C15H22N2O2. The van der Waals surface area contributed by atoms with Gasteiger partial charge < -0.3 is 10.6 Å². The molecule has 4 nitrogen and oxygen atoms in total. The van der Waals surface area contributed by atoms with E-state index >= 15 is 0 Å². The molecule has 0 heterocycles. The largest absolute Gasteiger partial charge is 0.352 e. The van der Waals surface area contributed by atoms with Crippen LogP contribution in [0.25, 0.3) is 0 Å². The Labute approximate surface area is 114 Å². The molecule has 0 aromatic heterocycles. The summed E-state index contributed by atoms with van der Waals surface area (Å²) in [7, 11) is 0. The summed E-state index contributed by atoms with van der Waals surface area (Å²) in [5.41, 5.74) is 1.78. The van der Waals surface area contributed by atoms with E-state index in [1.165, 1.54) is 0 Å². The predicted molar refractivity (Wildman–Crippen MR) is 77.3 cm³/mol. The fourth-order valence-electron chi connectivity index (χ4n) is 1.52. The van der Waals surface area contributed by atoms with Crippen LogP contribution in [-0.2, 0) is 4.79 Å². The fraction of sp³-hybridized carbons (Fsp3) is 0.467. The highest BCUT2D eigenvalue weighted by molar-refractivity contribution is 5.97. The molecule has 104 valence electrons. The number of benzene rings is 1. The first kappa shape index (κ1) is 15.2. The van der Waals surface area contributed by atoms with Gasteiger partial charge in [-0.3, -0.25) is 9.59 Å². The molecule has 0 fully saturated rings. The van der Waals surface area contributed by atoms with E-state index in [4.69, 9.17) is 0 Å². The maximum absolute atomic E-state index is 11.9. The van der Waals surface area contributed by atoms with Crippen molar-refractivity contribution in [3.63, 3.8) is 0 Å². The number of nitrogens with one attached hydrogen (secondary N) is 2. The Kier molecular flexibility index (Phi) is 4.70. The van der Waals surface area contributed by atoms with E-state index in [0.717, 1.165) is 11.3 Å². The minimum atomic E-state index is -0.440. The van der Waals surface area contributed by atoms with Crippen LogP contribution in [0.15, 0.2) is 18.2 Å². The van der Waals surface area contributed by atoms with E-state index < -0.39 is 5.41 Å². The Hall–Kier alpha value is -1.84. The molecule has 19 heavy (non-hydrogen) atoms. The van der Waals surface area contributed by atoms with E-state index in [9.17, 15) is 9.59 Å². The molecule has 1 rings (SSSR count). The van der Waals surface area contributed by atoms with Crippen molar-refractivity contribution in [3.8, 4) is 0 Å². The van der Waals surface area contributed by atoms with Crippen molar-refractivity contribution in [2.75, 3.05) is 11.9 Å². The zero-order chi connectivity index (χ0) is 14.6. The van der Waals surface area contributed by atoms with Gasteiger partial charge in [-0.05, 0) is 37.6 Å². The van der Waals surface area contributed by atoms with Gasteiger partial charge in [-0.15, -0.1) is 0 Å². The third-order valence-electron chi connectivity index (χ3n) is 2.76. The lowest BCUT2D eigenvalue weighted by molar-refractivity contribution is -0.123. The van der Waals surface area contributed by atoms with Crippen molar-refractivity contribution in [2.45, 2.75) is 34.6 Å². The predicted octanol–water partition coefficient (Wildman–Crippen LogP) is 2.73. The first-order valence-electron chi connectivity index (χ1n) is 6.46. The molecule has 1 aromatic rings. The number of carbonyl (C=O) groups is 2. The molecule has 0 unspecified atom stereocenters. The summed E-state index contributed by atoms with van der Waals surface area (Å²) >= 11 is 0. The van der Waals surface area contributed by atoms with Crippen LogP contribution in [0.4, 0.5) is 5.69 Å². The number of carbonyl (C=O) groups excluding carboxylic acids is 2. The molecule has 4 heteroatoms. The summed E-state index contributed by atoms with van der Waals surface area (Å²) in [5, 5.41) is 5.62. The lowest BCUT2D eigenvalue weighted by atomic mass is 9.95. The monoisotopic (exact) mass is 262 g/mol.